The molecule has 30 heavy (non-hydrogen) atoms. The molecule has 1 aromatic carbocycles. The van der Waals surface area contributed by atoms with Crippen molar-refractivity contribution in [3.8, 4) is 5.75 Å². The SMILES string of the molecule is CC(C)CCOC(=O)C(C(=O)Oc1ccccc1)(C1CCCCC1)C1CCCCC1. The third-order valence-electron chi connectivity index (χ3n) is 7.06. The van der Waals surface area contributed by atoms with E-state index in [0.717, 1.165) is 57.8 Å². The first-order chi connectivity index (χ1) is 14.5. The first kappa shape index (κ1) is 22.8. The molecule has 0 heterocycles. The molecule has 2 aliphatic rings. The second kappa shape index (κ2) is 11.0. The zero-order valence-electron chi connectivity index (χ0n) is 18.7. The van der Waals surface area contributed by atoms with Gasteiger partial charge in [0.25, 0.3) is 0 Å². The summed E-state index contributed by atoms with van der Waals surface area (Å²) >= 11 is 0. The normalized spacial score (nSPS) is 18.9. The van der Waals surface area contributed by atoms with Gasteiger partial charge in [-0.15, -0.1) is 0 Å². The van der Waals surface area contributed by atoms with Gasteiger partial charge in [-0.05, 0) is 62.0 Å². The van der Waals surface area contributed by atoms with E-state index in [1.165, 1.54) is 12.8 Å². The fourth-order valence-corrected chi connectivity index (χ4v) is 5.39. The second-order valence-corrected chi connectivity index (χ2v) is 9.56. The number of ether oxygens (including phenoxy) is 2. The molecule has 4 nitrogen and oxygen atoms in total. The van der Waals surface area contributed by atoms with Crippen LogP contribution < -0.4 is 4.74 Å². The zero-order valence-corrected chi connectivity index (χ0v) is 18.7. The van der Waals surface area contributed by atoms with Gasteiger partial charge in [0.1, 0.15) is 5.75 Å². The highest BCUT2D eigenvalue weighted by Gasteiger charge is 2.59. The third-order valence-corrected chi connectivity index (χ3v) is 7.06. The van der Waals surface area contributed by atoms with Crippen LogP contribution in [0.15, 0.2) is 30.3 Å². The maximum Gasteiger partial charge on any atom is 0.329 e. The molecule has 0 N–H and O–H groups in total. The molecule has 2 aliphatic carbocycles. The maximum absolute atomic E-state index is 13.8. The number of carbonyl (C=O) groups is 2. The lowest BCUT2D eigenvalue weighted by atomic mass is 9.58. The quantitative estimate of drug-likeness (QED) is 0.283. The molecule has 0 atom stereocenters. The summed E-state index contributed by atoms with van der Waals surface area (Å²) in [5.74, 6) is 0.264. The summed E-state index contributed by atoms with van der Waals surface area (Å²) in [6.07, 6.45) is 11.0. The van der Waals surface area contributed by atoms with Crippen LogP contribution in [0.2, 0.25) is 0 Å². The van der Waals surface area contributed by atoms with Crippen LogP contribution in [-0.2, 0) is 14.3 Å². The Balaban J connectivity index is 1.95. The average Bonchev–Trinajstić information content (AvgIpc) is 2.76. The van der Waals surface area contributed by atoms with Gasteiger partial charge in [-0.25, -0.2) is 0 Å². The number of esters is 2. The Morgan fingerprint density at radius 2 is 1.40 bits per heavy atom. The predicted octanol–water partition coefficient (Wildman–Crippen LogP) is 6.33. The number of benzene rings is 1. The summed E-state index contributed by atoms with van der Waals surface area (Å²) in [6, 6.07) is 9.18. The van der Waals surface area contributed by atoms with Crippen LogP contribution in [0.4, 0.5) is 0 Å². The minimum absolute atomic E-state index is 0.0112. The molecule has 0 radical (unpaired) electrons. The van der Waals surface area contributed by atoms with Crippen molar-refractivity contribution in [1.29, 1.82) is 0 Å². The van der Waals surface area contributed by atoms with Crippen LogP contribution in [0.1, 0.15) is 84.5 Å². The molecule has 4 heteroatoms. The fourth-order valence-electron chi connectivity index (χ4n) is 5.39. The van der Waals surface area contributed by atoms with Crippen molar-refractivity contribution in [2.24, 2.45) is 23.2 Å². The summed E-state index contributed by atoms with van der Waals surface area (Å²) in [6.45, 7) is 4.61. The van der Waals surface area contributed by atoms with Crippen molar-refractivity contribution < 1.29 is 19.1 Å². The maximum atomic E-state index is 13.8. The Morgan fingerprint density at radius 3 is 1.90 bits per heavy atom. The topological polar surface area (TPSA) is 52.6 Å². The van der Waals surface area contributed by atoms with Crippen molar-refractivity contribution in [3.63, 3.8) is 0 Å². The van der Waals surface area contributed by atoms with Gasteiger partial charge in [-0.2, -0.15) is 0 Å². The Kier molecular flexibility index (Phi) is 8.35. The highest BCUT2D eigenvalue weighted by molar-refractivity contribution is 6.01. The molecule has 2 saturated carbocycles. The van der Waals surface area contributed by atoms with Gasteiger partial charge in [-0.3, -0.25) is 9.59 Å². The van der Waals surface area contributed by atoms with E-state index < -0.39 is 5.41 Å². The molecule has 0 unspecified atom stereocenters. The highest BCUT2D eigenvalue weighted by Crippen LogP contribution is 2.50. The molecule has 0 spiro atoms. The predicted molar refractivity (Wildman–Crippen MR) is 118 cm³/mol. The molecular weight excluding hydrogens is 376 g/mol. The van der Waals surface area contributed by atoms with Gasteiger partial charge in [0, 0.05) is 0 Å². The van der Waals surface area contributed by atoms with Crippen LogP contribution >= 0.6 is 0 Å². The molecule has 0 aromatic heterocycles. The van der Waals surface area contributed by atoms with Crippen molar-refractivity contribution in [3.05, 3.63) is 30.3 Å². The molecule has 0 aliphatic heterocycles. The smallest absolute Gasteiger partial charge is 0.329 e. The van der Waals surface area contributed by atoms with Crippen LogP contribution in [0.3, 0.4) is 0 Å². The van der Waals surface area contributed by atoms with Crippen molar-refractivity contribution in [1.82, 2.24) is 0 Å². The lowest BCUT2D eigenvalue weighted by Crippen LogP contribution is -2.55. The Labute approximate surface area is 181 Å². The van der Waals surface area contributed by atoms with E-state index in [0.29, 0.717) is 18.3 Å². The Bertz CT molecular complexity index is 652. The summed E-state index contributed by atoms with van der Waals surface area (Å²) in [5.41, 5.74) is -1.17. The lowest BCUT2D eigenvalue weighted by Gasteiger charge is -2.44. The minimum Gasteiger partial charge on any atom is -0.465 e. The Morgan fingerprint density at radius 1 is 0.867 bits per heavy atom. The monoisotopic (exact) mass is 414 g/mol. The van der Waals surface area contributed by atoms with Crippen LogP contribution in [-0.4, -0.2) is 18.5 Å². The number of rotatable bonds is 8. The summed E-state index contributed by atoms with van der Waals surface area (Å²) < 4.78 is 11.7. The largest absolute Gasteiger partial charge is 0.465 e. The van der Waals surface area contributed by atoms with E-state index in [1.807, 2.05) is 18.2 Å². The van der Waals surface area contributed by atoms with E-state index in [-0.39, 0.29) is 23.8 Å². The number of carbonyl (C=O) groups excluding carboxylic acids is 2. The first-order valence-electron chi connectivity index (χ1n) is 12.0. The zero-order chi connectivity index (χ0) is 21.4. The van der Waals surface area contributed by atoms with Gasteiger partial charge in [0.05, 0.1) is 6.61 Å². The van der Waals surface area contributed by atoms with Gasteiger partial charge >= 0.3 is 11.9 Å². The van der Waals surface area contributed by atoms with E-state index in [4.69, 9.17) is 9.47 Å². The molecular formula is C26H38O4. The van der Waals surface area contributed by atoms with E-state index in [2.05, 4.69) is 13.8 Å². The lowest BCUT2D eigenvalue weighted by molar-refractivity contribution is -0.181. The van der Waals surface area contributed by atoms with Gasteiger partial charge in [0.2, 0.25) is 0 Å². The Hall–Kier alpha value is -1.84. The first-order valence-corrected chi connectivity index (χ1v) is 12.0. The fraction of sp³-hybridized carbons (Fsp3) is 0.692. The van der Waals surface area contributed by atoms with Gasteiger partial charge < -0.3 is 9.47 Å². The molecule has 0 bridgehead atoms. The second-order valence-electron chi connectivity index (χ2n) is 9.56. The number of hydrogen-bond acceptors (Lipinski definition) is 4. The standard InChI is InChI=1S/C26H38O4/c1-20(2)18-19-29-24(27)26(21-12-6-3-7-13-21,22-14-8-4-9-15-22)25(28)30-23-16-10-5-11-17-23/h5,10-11,16-17,20-22H,3-4,6-9,12-15,18-19H2,1-2H3. The average molecular weight is 415 g/mol. The van der Waals surface area contributed by atoms with Crippen LogP contribution in [0.25, 0.3) is 0 Å². The molecule has 3 rings (SSSR count). The summed E-state index contributed by atoms with van der Waals surface area (Å²) in [5, 5.41) is 0. The van der Waals surface area contributed by atoms with E-state index in [9.17, 15) is 9.59 Å². The van der Waals surface area contributed by atoms with Crippen molar-refractivity contribution in [2.75, 3.05) is 6.61 Å². The van der Waals surface area contributed by atoms with Gasteiger partial charge in [-0.1, -0.05) is 70.6 Å². The van der Waals surface area contributed by atoms with Gasteiger partial charge in [0.15, 0.2) is 5.41 Å². The molecule has 2 fully saturated rings. The number of hydrogen-bond donors (Lipinski definition) is 0. The molecule has 1 aromatic rings. The summed E-state index contributed by atoms with van der Waals surface area (Å²) in [4.78, 5) is 27.6. The minimum atomic E-state index is -1.17. The molecule has 0 amide bonds. The van der Waals surface area contributed by atoms with Crippen LogP contribution in [0, 0.1) is 23.2 Å². The van der Waals surface area contributed by atoms with Crippen LogP contribution in [0.5, 0.6) is 5.75 Å². The van der Waals surface area contributed by atoms with E-state index >= 15 is 0 Å². The van der Waals surface area contributed by atoms with Crippen molar-refractivity contribution in [2.45, 2.75) is 84.5 Å². The number of para-hydroxylation sites is 1. The summed E-state index contributed by atoms with van der Waals surface area (Å²) in [7, 11) is 0. The van der Waals surface area contributed by atoms with E-state index in [1.54, 1.807) is 12.1 Å². The molecule has 166 valence electrons. The third kappa shape index (κ3) is 5.25. The molecule has 0 saturated heterocycles. The highest BCUT2D eigenvalue weighted by atomic mass is 16.6. The van der Waals surface area contributed by atoms with Crippen molar-refractivity contribution >= 4 is 11.9 Å².